The Balaban J connectivity index is 1.45. The van der Waals surface area contributed by atoms with Gasteiger partial charge >= 0.3 is 0 Å². The van der Waals surface area contributed by atoms with Crippen LogP contribution in [0.5, 0.6) is 0 Å². The van der Waals surface area contributed by atoms with Gasteiger partial charge in [-0.1, -0.05) is 18.6 Å². The molecule has 2 heterocycles. The van der Waals surface area contributed by atoms with E-state index in [1.807, 2.05) is 30.5 Å². The van der Waals surface area contributed by atoms with Crippen molar-refractivity contribution in [2.24, 2.45) is 5.92 Å². The van der Waals surface area contributed by atoms with Crippen molar-refractivity contribution in [2.75, 3.05) is 11.6 Å². The summed E-state index contributed by atoms with van der Waals surface area (Å²) in [4.78, 5) is 34.0. The molecular weight excluding hydrogens is 412 g/mol. The van der Waals surface area contributed by atoms with E-state index in [0.29, 0.717) is 34.4 Å². The lowest BCUT2D eigenvalue weighted by Crippen LogP contribution is -2.28. The van der Waals surface area contributed by atoms with Crippen LogP contribution in [0.2, 0.25) is 0 Å². The summed E-state index contributed by atoms with van der Waals surface area (Å²) >= 11 is 1.39. The fourth-order valence-electron chi connectivity index (χ4n) is 3.42. The lowest BCUT2D eigenvalue weighted by atomic mass is 9.85. The molecule has 0 unspecified atom stereocenters. The molecule has 0 atom stereocenters. The Hall–Kier alpha value is -3.13. The maximum Gasteiger partial charge on any atom is 0.256 e. The fourth-order valence-corrected chi connectivity index (χ4v) is 4.04. The Morgan fingerprint density at radius 2 is 2.03 bits per heavy atom. The number of rotatable bonds is 7. The summed E-state index contributed by atoms with van der Waals surface area (Å²) in [5.74, 6) is 0.975. The van der Waals surface area contributed by atoms with Gasteiger partial charge in [-0.25, -0.2) is 9.97 Å². The van der Waals surface area contributed by atoms with E-state index in [4.69, 9.17) is 4.42 Å². The van der Waals surface area contributed by atoms with E-state index in [1.54, 1.807) is 25.3 Å². The molecule has 0 bridgehead atoms. The highest BCUT2D eigenvalue weighted by atomic mass is 32.2. The number of carbonyl (C=O) groups is 2. The number of anilines is 1. The molecule has 8 heteroatoms. The van der Waals surface area contributed by atoms with Crippen molar-refractivity contribution in [3.8, 4) is 11.6 Å². The number of furan rings is 1. The minimum atomic E-state index is -0.239. The number of aryl methyl sites for hydroxylation is 1. The molecule has 4 rings (SSSR count). The Labute approximate surface area is 185 Å². The van der Waals surface area contributed by atoms with E-state index in [2.05, 4.69) is 20.6 Å². The molecule has 1 fully saturated rings. The van der Waals surface area contributed by atoms with Crippen LogP contribution >= 0.6 is 11.8 Å². The summed E-state index contributed by atoms with van der Waals surface area (Å²) in [5.41, 5.74) is 2.69. The van der Waals surface area contributed by atoms with Crippen molar-refractivity contribution >= 4 is 29.3 Å². The Bertz CT molecular complexity index is 1090. The Morgan fingerprint density at radius 3 is 2.71 bits per heavy atom. The first-order chi connectivity index (χ1) is 15.0. The number of nitrogens with one attached hydrogen (secondary N) is 2. The summed E-state index contributed by atoms with van der Waals surface area (Å²) in [7, 11) is 0. The largest absolute Gasteiger partial charge is 0.461 e. The number of carbonyl (C=O) groups excluding carboxylic acids is 2. The summed E-state index contributed by atoms with van der Waals surface area (Å²) in [6.07, 6.45) is 6.47. The Morgan fingerprint density at radius 1 is 1.19 bits per heavy atom. The molecule has 160 valence electrons. The minimum absolute atomic E-state index is 0.0708. The zero-order chi connectivity index (χ0) is 21.8. The van der Waals surface area contributed by atoms with E-state index in [9.17, 15) is 9.59 Å². The number of thioether (sulfide) groups is 1. The summed E-state index contributed by atoms with van der Waals surface area (Å²) < 4.78 is 5.38. The standard InChI is InChI=1S/C23H24N4O3S/c1-14-19(23(31-2)27-20(25-14)18-10-5-11-30-18)22(29)24-13-15-6-3-9-17(12-15)26-21(28)16-7-4-8-16/h3,5-6,9-12,16H,4,7-8,13H2,1-2H3,(H,24,29)(H,26,28). The second-order valence-corrected chi connectivity index (χ2v) is 8.29. The van der Waals surface area contributed by atoms with Crippen LogP contribution in [0.4, 0.5) is 5.69 Å². The number of nitrogens with zero attached hydrogens (tertiary/aromatic N) is 2. The predicted molar refractivity (Wildman–Crippen MR) is 120 cm³/mol. The molecule has 0 saturated heterocycles. The lowest BCUT2D eigenvalue weighted by Gasteiger charge is -2.24. The minimum Gasteiger partial charge on any atom is -0.461 e. The van der Waals surface area contributed by atoms with Crippen molar-refractivity contribution in [3.63, 3.8) is 0 Å². The molecule has 2 amide bonds. The van der Waals surface area contributed by atoms with Crippen LogP contribution < -0.4 is 10.6 Å². The summed E-state index contributed by atoms with van der Waals surface area (Å²) in [5, 5.41) is 6.50. The van der Waals surface area contributed by atoms with Gasteiger partial charge in [-0.3, -0.25) is 9.59 Å². The van der Waals surface area contributed by atoms with E-state index in [-0.39, 0.29) is 17.7 Å². The van der Waals surface area contributed by atoms with Gasteiger partial charge in [0.15, 0.2) is 11.6 Å². The molecule has 1 aliphatic carbocycles. The molecule has 7 nitrogen and oxygen atoms in total. The SMILES string of the molecule is CSc1nc(-c2ccco2)nc(C)c1C(=O)NCc1cccc(NC(=O)C2CCC2)c1. The number of hydrogen-bond donors (Lipinski definition) is 2. The van der Waals surface area contributed by atoms with Crippen molar-refractivity contribution in [1.29, 1.82) is 0 Å². The second-order valence-electron chi connectivity index (χ2n) is 7.49. The van der Waals surface area contributed by atoms with Gasteiger partial charge in [0.1, 0.15) is 5.03 Å². The first-order valence-electron chi connectivity index (χ1n) is 10.2. The van der Waals surface area contributed by atoms with Gasteiger partial charge in [0.2, 0.25) is 5.91 Å². The van der Waals surface area contributed by atoms with E-state index >= 15 is 0 Å². The quantitative estimate of drug-likeness (QED) is 0.420. The average Bonchev–Trinajstić information content (AvgIpc) is 3.25. The van der Waals surface area contributed by atoms with E-state index in [0.717, 1.165) is 30.5 Å². The molecule has 2 aromatic heterocycles. The zero-order valence-electron chi connectivity index (χ0n) is 17.5. The monoisotopic (exact) mass is 436 g/mol. The molecule has 1 saturated carbocycles. The molecule has 3 aromatic rings. The fraction of sp³-hybridized carbons (Fsp3) is 0.304. The first-order valence-corrected chi connectivity index (χ1v) is 11.4. The van der Waals surface area contributed by atoms with Crippen LogP contribution in [0.1, 0.15) is 40.9 Å². The highest BCUT2D eigenvalue weighted by Gasteiger charge is 2.25. The maximum atomic E-state index is 12.9. The van der Waals surface area contributed by atoms with Crippen molar-refractivity contribution in [2.45, 2.75) is 37.8 Å². The van der Waals surface area contributed by atoms with Gasteiger partial charge in [0.05, 0.1) is 17.5 Å². The van der Waals surface area contributed by atoms with Crippen LogP contribution in [-0.4, -0.2) is 28.0 Å². The molecule has 2 N–H and O–H groups in total. The third-order valence-corrected chi connectivity index (χ3v) is 6.02. The topological polar surface area (TPSA) is 97.1 Å². The predicted octanol–water partition coefficient (Wildman–Crippen LogP) is 4.44. The van der Waals surface area contributed by atoms with E-state index in [1.165, 1.54) is 11.8 Å². The molecular formula is C23H24N4O3S. The highest BCUT2D eigenvalue weighted by molar-refractivity contribution is 7.98. The average molecular weight is 437 g/mol. The zero-order valence-corrected chi connectivity index (χ0v) is 18.3. The molecule has 0 aliphatic heterocycles. The van der Waals surface area contributed by atoms with Crippen LogP contribution in [0.25, 0.3) is 11.6 Å². The first kappa shape index (κ1) is 21.1. The van der Waals surface area contributed by atoms with Gasteiger partial charge in [0.25, 0.3) is 5.91 Å². The number of aromatic nitrogens is 2. The van der Waals surface area contributed by atoms with Crippen molar-refractivity contribution < 1.29 is 14.0 Å². The maximum absolute atomic E-state index is 12.9. The molecule has 31 heavy (non-hydrogen) atoms. The molecule has 1 aliphatic rings. The van der Waals surface area contributed by atoms with Crippen LogP contribution in [0, 0.1) is 12.8 Å². The third kappa shape index (κ3) is 4.80. The van der Waals surface area contributed by atoms with Gasteiger partial charge in [-0.2, -0.15) is 0 Å². The highest BCUT2D eigenvalue weighted by Crippen LogP contribution is 2.28. The Kier molecular flexibility index (Phi) is 6.36. The number of amides is 2. The summed E-state index contributed by atoms with van der Waals surface area (Å²) in [6.45, 7) is 2.12. The molecule has 1 aromatic carbocycles. The van der Waals surface area contributed by atoms with Gasteiger partial charge < -0.3 is 15.1 Å². The van der Waals surface area contributed by atoms with Crippen LogP contribution in [0.3, 0.4) is 0 Å². The molecule has 0 radical (unpaired) electrons. The number of hydrogen-bond acceptors (Lipinski definition) is 6. The molecule has 0 spiro atoms. The van der Waals surface area contributed by atoms with Crippen LogP contribution in [0.15, 0.2) is 52.1 Å². The van der Waals surface area contributed by atoms with Gasteiger partial charge in [-0.15, -0.1) is 11.8 Å². The van der Waals surface area contributed by atoms with Crippen molar-refractivity contribution in [1.82, 2.24) is 15.3 Å². The lowest BCUT2D eigenvalue weighted by molar-refractivity contribution is -0.122. The van der Waals surface area contributed by atoms with Crippen LogP contribution in [-0.2, 0) is 11.3 Å². The van der Waals surface area contributed by atoms with E-state index < -0.39 is 0 Å². The number of benzene rings is 1. The smallest absolute Gasteiger partial charge is 0.256 e. The second kappa shape index (κ2) is 9.34. The normalized spacial score (nSPS) is 13.5. The third-order valence-electron chi connectivity index (χ3n) is 5.34. The van der Waals surface area contributed by atoms with Gasteiger partial charge in [-0.05, 0) is 55.9 Å². The summed E-state index contributed by atoms with van der Waals surface area (Å²) in [6, 6.07) is 11.1. The van der Waals surface area contributed by atoms with Gasteiger partial charge in [0, 0.05) is 18.2 Å². The van der Waals surface area contributed by atoms with Crippen molar-refractivity contribution in [3.05, 3.63) is 59.5 Å².